The molecule has 0 radical (unpaired) electrons. The minimum atomic E-state index is 0.0734. The SMILES string of the molecule is Cc1cccc(COc2ccc(CNCCOCCO)cc2)c1. The lowest BCUT2D eigenvalue weighted by Crippen LogP contribution is -2.19. The number of hydrogen-bond donors (Lipinski definition) is 2. The third-order valence-electron chi connectivity index (χ3n) is 3.40. The van der Waals surface area contributed by atoms with Gasteiger partial charge in [0, 0.05) is 13.1 Å². The molecule has 0 unspecified atom stereocenters. The molecule has 2 aromatic rings. The Morgan fingerprint density at radius 3 is 2.57 bits per heavy atom. The number of aliphatic hydroxyl groups is 1. The summed E-state index contributed by atoms with van der Waals surface area (Å²) in [5, 5.41) is 11.9. The van der Waals surface area contributed by atoms with Crippen LogP contribution in [0.5, 0.6) is 5.75 Å². The molecule has 2 rings (SSSR count). The van der Waals surface area contributed by atoms with Crippen molar-refractivity contribution in [3.8, 4) is 5.75 Å². The van der Waals surface area contributed by atoms with Gasteiger partial charge in [-0.3, -0.25) is 0 Å². The maximum Gasteiger partial charge on any atom is 0.119 e. The van der Waals surface area contributed by atoms with Crippen molar-refractivity contribution in [2.75, 3.05) is 26.4 Å². The van der Waals surface area contributed by atoms with Crippen LogP contribution >= 0.6 is 0 Å². The largest absolute Gasteiger partial charge is 0.489 e. The highest BCUT2D eigenvalue weighted by atomic mass is 16.5. The van der Waals surface area contributed by atoms with Gasteiger partial charge in [-0.1, -0.05) is 42.0 Å². The molecule has 23 heavy (non-hydrogen) atoms. The summed E-state index contributed by atoms with van der Waals surface area (Å²) >= 11 is 0. The molecule has 0 heterocycles. The second kappa shape index (κ2) is 10.0. The van der Waals surface area contributed by atoms with Crippen molar-refractivity contribution in [3.63, 3.8) is 0 Å². The highest BCUT2D eigenvalue weighted by Gasteiger charge is 1.98. The second-order valence-corrected chi connectivity index (χ2v) is 5.43. The standard InChI is InChI=1S/C19H25NO3/c1-16-3-2-4-18(13-16)15-23-19-7-5-17(6-8-19)14-20-9-11-22-12-10-21/h2-8,13,20-21H,9-12,14-15H2,1H3. The van der Waals surface area contributed by atoms with Gasteiger partial charge >= 0.3 is 0 Å². The molecule has 2 N–H and O–H groups in total. The van der Waals surface area contributed by atoms with Crippen molar-refractivity contribution in [1.29, 1.82) is 0 Å². The van der Waals surface area contributed by atoms with Crippen LogP contribution in [-0.2, 0) is 17.9 Å². The van der Waals surface area contributed by atoms with E-state index in [1.807, 2.05) is 18.2 Å². The van der Waals surface area contributed by atoms with Gasteiger partial charge in [-0.05, 0) is 30.2 Å². The van der Waals surface area contributed by atoms with Crippen LogP contribution in [0, 0.1) is 6.92 Å². The molecular weight excluding hydrogens is 290 g/mol. The third-order valence-corrected chi connectivity index (χ3v) is 3.40. The highest BCUT2D eigenvalue weighted by Crippen LogP contribution is 2.14. The molecule has 0 saturated heterocycles. The van der Waals surface area contributed by atoms with Gasteiger partial charge in [0.1, 0.15) is 12.4 Å². The minimum Gasteiger partial charge on any atom is -0.489 e. The Morgan fingerprint density at radius 1 is 1.00 bits per heavy atom. The van der Waals surface area contributed by atoms with Gasteiger partial charge in [-0.25, -0.2) is 0 Å². The summed E-state index contributed by atoms with van der Waals surface area (Å²) in [5.41, 5.74) is 3.63. The summed E-state index contributed by atoms with van der Waals surface area (Å²) < 4.78 is 11.0. The maximum absolute atomic E-state index is 8.60. The molecule has 4 heteroatoms. The number of nitrogens with one attached hydrogen (secondary N) is 1. The van der Waals surface area contributed by atoms with E-state index >= 15 is 0 Å². The summed E-state index contributed by atoms with van der Waals surface area (Å²) in [5.74, 6) is 0.876. The van der Waals surface area contributed by atoms with E-state index in [0.717, 1.165) is 18.8 Å². The maximum atomic E-state index is 8.60. The monoisotopic (exact) mass is 315 g/mol. The molecule has 0 atom stereocenters. The molecule has 0 fully saturated rings. The number of hydrogen-bond acceptors (Lipinski definition) is 4. The Balaban J connectivity index is 1.70. The van der Waals surface area contributed by atoms with Gasteiger partial charge in [0.15, 0.2) is 0 Å². The zero-order chi connectivity index (χ0) is 16.3. The first-order valence-corrected chi connectivity index (χ1v) is 7.94. The van der Waals surface area contributed by atoms with Crippen LogP contribution in [0.2, 0.25) is 0 Å². The molecule has 4 nitrogen and oxygen atoms in total. The average molecular weight is 315 g/mol. The molecule has 124 valence electrons. The quantitative estimate of drug-likeness (QED) is 0.662. The Labute approximate surface area is 138 Å². The zero-order valence-corrected chi connectivity index (χ0v) is 13.6. The Kier molecular flexibility index (Phi) is 7.60. The van der Waals surface area contributed by atoms with E-state index in [9.17, 15) is 0 Å². The Bertz CT molecular complexity index is 569. The van der Waals surface area contributed by atoms with Gasteiger partial charge in [0.05, 0.1) is 19.8 Å². The van der Waals surface area contributed by atoms with Crippen molar-refractivity contribution in [2.45, 2.75) is 20.1 Å². The van der Waals surface area contributed by atoms with Gasteiger partial charge < -0.3 is 19.9 Å². The fourth-order valence-electron chi connectivity index (χ4n) is 2.22. The Hall–Kier alpha value is -1.88. The van der Waals surface area contributed by atoms with E-state index in [0.29, 0.717) is 19.8 Å². The molecule has 0 aliphatic carbocycles. The molecule has 0 amide bonds. The van der Waals surface area contributed by atoms with Gasteiger partial charge in [-0.15, -0.1) is 0 Å². The predicted molar refractivity (Wildman–Crippen MR) is 91.6 cm³/mol. The smallest absolute Gasteiger partial charge is 0.119 e. The lowest BCUT2D eigenvalue weighted by Gasteiger charge is -2.09. The van der Waals surface area contributed by atoms with Crippen molar-refractivity contribution in [1.82, 2.24) is 5.32 Å². The minimum absolute atomic E-state index is 0.0734. The first-order valence-electron chi connectivity index (χ1n) is 7.94. The number of aliphatic hydroxyl groups excluding tert-OH is 1. The molecule has 0 aliphatic rings. The summed E-state index contributed by atoms with van der Waals surface area (Å²) in [6, 6.07) is 16.5. The zero-order valence-electron chi connectivity index (χ0n) is 13.6. The van der Waals surface area contributed by atoms with Crippen LogP contribution < -0.4 is 10.1 Å². The second-order valence-electron chi connectivity index (χ2n) is 5.43. The lowest BCUT2D eigenvalue weighted by atomic mass is 10.1. The predicted octanol–water partition coefficient (Wildman–Crippen LogP) is 2.67. The molecule has 0 aromatic heterocycles. The molecule has 0 aliphatic heterocycles. The summed E-state index contributed by atoms with van der Waals surface area (Å²) in [7, 11) is 0. The van der Waals surface area contributed by atoms with E-state index in [1.54, 1.807) is 0 Å². The average Bonchev–Trinajstić information content (AvgIpc) is 2.57. The fourth-order valence-corrected chi connectivity index (χ4v) is 2.22. The molecule has 0 spiro atoms. The summed E-state index contributed by atoms with van der Waals surface area (Å²) in [6.07, 6.45) is 0. The fraction of sp³-hybridized carbons (Fsp3) is 0.368. The first-order chi connectivity index (χ1) is 11.3. The number of rotatable bonds is 10. The van der Waals surface area contributed by atoms with Crippen molar-refractivity contribution >= 4 is 0 Å². The van der Waals surface area contributed by atoms with Crippen LogP contribution in [0.25, 0.3) is 0 Å². The number of benzene rings is 2. The number of ether oxygens (including phenoxy) is 2. The molecule has 0 saturated carbocycles. The van der Waals surface area contributed by atoms with E-state index in [-0.39, 0.29) is 6.61 Å². The third kappa shape index (κ3) is 6.82. The van der Waals surface area contributed by atoms with E-state index < -0.39 is 0 Å². The van der Waals surface area contributed by atoms with Crippen molar-refractivity contribution in [2.24, 2.45) is 0 Å². The normalized spacial score (nSPS) is 10.7. The van der Waals surface area contributed by atoms with Crippen molar-refractivity contribution < 1.29 is 14.6 Å². The van der Waals surface area contributed by atoms with Crippen LogP contribution in [-0.4, -0.2) is 31.5 Å². The van der Waals surface area contributed by atoms with Crippen LogP contribution in [0.4, 0.5) is 0 Å². The summed E-state index contributed by atoms with van der Waals surface area (Å²) in [4.78, 5) is 0. The van der Waals surface area contributed by atoms with E-state index in [2.05, 4.69) is 42.6 Å². The number of aryl methyl sites for hydroxylation is 1. The molecule has 0 bridgehead atoms. The lowest BCUT2D eigenvalue weighted by molar-refractivity contribution is 0.0938. The first kappa shape index (κ1) is 17.5. The van der Waals surface area contributed by atoms with Crippen LogP contribution in [0.15, 0.2) is 48.5 Å². The summed E-state index contributed by atoms with van der Waals surface area (Å²) in [6.45, 7) is 5.31. The van der Waals surface area contributed by atoms with Crippen LogP contribution in [0.3, 0.4) is 0 Å². The van der Waals surface area contributed by atoms with E-state index in [4.69, 9.17) is 14.6 Å². The topological polar surface area (TPSA) is 50.7 Å². The molecule has 2 aromatic carbocycles. The van der Waals surface area contributed by atoms with Gasteiger partial charge in [-0.2, -0.15) is 0 Å². The molecular formula is C19H25NO3. The Morgan fingerprint density at radius 2 is 1.83 bits per heavy atom. The van der Waals surface area contributed by atoms with Gasteiger partial charge in [0.2, 0.25) is 0 Å². The van der Waals surface area contributed by atoms with Gasteiger partial charge in [0.25, 0.3) is 0 Å². The highest BCUT2D eigenvalue weighted by molar-refractivity contribution is 5.28. The van der Waals surface area contributed by atoms with Crippen molar-refractivity contribution in [3.05, 3.63) is 65.2 Å². The van der Waals surface area contributed by atoms with Crippen LogP contribution in [0.1, 0.15) is 16.7 Å². The van der Waals surface area contributed by atoms with E-state index in [1.165, 1.54) is 16.7 Å².